The van der Waals surface area contributed by atoms with Gasteiger partial charge in [-0.3, -0.25) is 0 Å². The summed E-state index contributed by atoms with van der Waals surface area (Å²) in [6.45, 7) is 2.02. The number of alkyl halides is 6. The molecule has 1 aromatic heterocycles. The lowest BCUT2D eigenvalue weighted by Gasteiger charge is -2.14. The molecule has 2 nitrogen and oxygen atoms in total. The van der Waals surface area contributed by atoms with Crippen LogP contribution in [0.15, 0.2) is 6.20 Å². The molecule has 0 N–H and O–H groups in total. The van der Waals surface area contributed by atoms with E-state index in [0.29, 0.717) is 12.8 Å². The fourth-order valence-corrected chi connectivity index (χ4v) is 2.61. The predicted molar refractivity (Wildman–Crippen MR) is 76.1 cm³/mol. The van der Waals surface area contributed by atoms with Gasteiger partial charge in [-0.15, -0.1) is 0 Å². The van der Waals surface area contributed by atoms with E-state index in [1.165, 1.54) is 4.57 Å². The smallest absolute Gasteiger partial charge is 0.233 e. The molecule has 0 fully saturated rings. The van der Waals surface area contributed by atoms with Gasteiger partial charge >= 0.3 is 12.4 Å². The van der Waals surface area contributed by atoms with Gasteiger partial charge in [0, 0.05) is 0 Å². The molecule has 1 rings (SSSR count). The van der Waals surface area contributed by atoms with Gasteiger partial charge in [0.1, 0.15) is 6.20 Å². The van der Waals surface area contributed by atoms with Crippen LogP contribution in [0.2, 0.25) is 0 Å². The summed E-state index contributed by atoms with van der Waals surface area (Å²) in [6, 6.07) is 0. The van der Waals surface area contributed by atoms with Crippen molar-refractivity contribution in [1.29, 1.82) is 0 Å². The third-order valence-electron chi connectivity index (χ3n) is 3.21. The van der Waals surface area contributed by atoms with Gasteiger partial charge in [0.05, 0.1) is 13.6 Å². The third kappa shape index (κ3) is 4.27. The second-order valence-corrected chi connectivity index (χ2v) is 5.94. The van der Waals surface area contributed by atoms with Crippen molar-refractivity contribution in [2.24, 2.45) is 7.05 Å². The van der Waals surface area contributed by atoms with E-state index in [4.69, 9.17) is 0 Å². The predicted octanol–water partition coefficient (Wildman–Crippen LogP) is 4.18. The maximum absolute atomic E-state index is 12.9. The highest BCUT2D eigenvalue weighted by Crippen LogP contribution is 2.41. The van der Waals surface area contributed by atoms with Crippen LogP contribution in [0.3, 0.4) is 0 Å². The van der Waals surface area contributed by atoms with Crippen LogP contribution < -0.4 is 4.57 Å². The van der Waals surface area contributed by atoms with Crippen LogP contribution in [-0.2, 0) is 13.6 Å². The quantitative estimate of drug-likeness (QED) is 0.439. The molecule has 1 heterocycles. The van der Waals surface area contributed by atoms with Crippen LogP contribution in [-0.4, -0.2) is 16.9 Å². The lowest BCUT2D eigenvalue weighted by molar-refractivity contribution is -0.705. The average Bonchev–Trinajstić information content (AvgIpc) is 2.69. The van der Waals surface area contributed by atoms with Crippen LogP contribution in [0, 0.1) is 0 Å². The zero-order valence-electron chi connectivity index (χ0n) is 11.9. The number of aryl methyl sites for hydroxylation is 1. The van der Waals surface area contributed by atoms with E-state index in [1.807, 2.05) is 6.92 Å². The number of aromatic nitrogens is 2. The number of hydrogen-bond donors (Lipinski definition) is 2. The van der Waals surface area contributed by atoms with E-state index in [-0.39, 0.29) is 18.1 Å². The molecule has 0 aliphatic carbocycles. The van der Waals surface area contributed by atoms with E-state index in [2.05, 4.69) is 25.3 Å². The van der Waals surface area contributed by atoms with Gasteiger partial charge in [-0.2, -0.15) is 51.6 Å². The highest BCUT2D eigenvalue weighted by molar-refractivity contribution is 7.80. The fourth-order valence-electron chi connectivity index (χ4n) is 2.05. The zero-order valence-corrected chi connectivity index (χ0v) is 13.7. The van der Waals surface area contributed by atoms with Crippen molar-refractivity contribution < 1.29 is 30.9 Å². The minimum atomic E-state index is -4.66. The standard InChI is InChI=1S/C12H16F6N2S2/c1-3-4-5-20-6-7(8(21)11(13,14)15)19(2)10(20)9(22)12(16,17)18/h6,8-9H,3-5H2,1-2H3,(H-,21,22)/p+1. The number of thiol groups is 2. The first kappa shape index (κ1) is 19.5. The first-order valence-corrected chi connectivity index (χ1v) is 7.53. The zero-order chi connectivity index (χ0) is 17.3. The highest BCUT2D eigenvalue weighted by atomic mass is 32.1. The van der Waals surface area contributed by atoms with Crippen LogP contribution in [0.4, 0.5) is 26.3 Å². The fraction of sp³-hybridized carbons (Fsp3) is 0.750. The Labute approximate surface area is 135 Å². The van der Waals surface area contributed by atoms with Gasteiger partial charge < -0.3 is 0 Å². The third-order valence-corrected chi connectivity index (χ3v) is 4.29. The average molecular weight is 367 g/mol. The normalized spacial score (nSPS) is 15.9. The summed E-state index contributed by atoms with van der Waals surface area (Å²) in [5.41, 5.74) is -0.342. The van der Waals surface area contributed by atoms with Gasteiger partial charge in [-0.25, -0.2) is 9.13 Å². The molecule has 128 valence electrons. The molecule has 1 aromatic rings. The van der Waals surface area contributed by atoms with E-state index >= 15 is 0 Å². The Balaban J connectivity index is 3.37. The molecule has 0 saturated heterocycles. The van der Waals surface area contributed by atoms with Crippen molar-refractivity contribution in [3.8, 4) is 0 Å². The molecule has 0 aliphatic rings. The SMILES string of the molecule is CCCC[n+]1cc(C(S)C(F)(F)F)n(C)c1C(S)C(F)(F)F. The van der Waals surface area contributed by atoms with E-state index in [9.17, 15) is 26.3 Å². The Hall–Kier alpha value is -0.510. The second kappa shape index (κ2) is 6.94. The van der Waals surface area contributed by atoms with Crippen LogP contribution in [0.1, 0.15) is 41.8 Å². The Morgan fingerprint density at radius 3 is 2.00 bits per heavy atom. The molecule has 0 saturated carbocycles. The molecule has 22 heavy (non-hydrogen) atoms. The number of unbranched alkanes of at least 4 members (excludes halogenated alkanes) is 1. The van der Waals surface area contributed by atoms with E-state index < -0.39 is 22.9 Å². The van der Waals surface area contributed by atoms with Crippen molar-refractivity contribution in [3.63, 3.8) is 0 Å². The lowest BCUT2D eigenvalue weighted by atomic mass is 10.3. The van der Waals surface area contributed by atoms with Crippen molar-refractivity contribution >= 4 is 25.3 Å². The van der Waals surface area contributed by atoms with E-state index in [1.54, 1.807) is 0 Å². The minimum Gasteiger partial charge on any atom is -0.233 e. The van der Waals surface area contributed by atoms with E-state index in [0.717, 1.165) is 17.8 Å². The molecule has 0 spiro atoms. The molecule has 0 radical (unpaired) electrons. The molecule has 0 amide bonds. The van der Waals surface area contributed by atoms with Crippen LogP contribution >= 0.6 is 25.3 Å². The molecule has 2 unspecified atom stereocenters. The maximum atomic E-state index is 12.9. The molecule has 0 aliphatic heterocycles. The Kier molecular flexibility index (Phi) is 6.16. The van der Waals surface area contributed by atoms with Crippen molar-refractivity contribution in [3.05, 3.63) is 17.7 Å². The molecule has 0 bridgehead atoms. The molecular formula is C12H17F6N2S2+. The minimum absolute atomic E-state index is 0.186. The topological polar surface area (TPSA) is 8.81 Å². The Morgan fingerprint density at radius 1 is 1.09 bits per heavy atom. The molecular weight excluding hydrogens is 350 g/mol. The number of imidazole rings is 1. The number of nitrogens with zero attached hydrogens (tertiary/aromatic N) is 2. The van der Waals surface area contributed by atoms with Gasteiger partial charge in [-0.1, -0.05) is 13.3 Å². The summed E-state index contributed by atoms with van der Waals surface area (Å²) in [6.07, 6.45) is -7.00. The van der Waals surface area contributed by atoms with Crippen molar-refractivity contribution in [2.45, 2.75) is 49.2 Å². The Bertz CT molecular complexity index is 509. The maximum Gasteiger partial charge on any atom is 0.411 e. The lowest BCUT2D eigenvalue weighted by Crippen LogP contribution is -2.40. The first-order valence-electron chi connectivity index (χ1n) is 6.49. The van der Waals surface area contributed by atoms with Crippen molar-refractivity contribution in [1.82, 2.24) is 4.57 Å². The van der Waals surface area contributed by atoms with Gasteiger partial charge in [-0.05, 0) is 6.42 Å². The summed E-state index contributed by atoms with van der Waals surface area (Å²) in [4.78, 5) is 0. The molecule has 0 aromatic carbocycles. The summed E-state index contributed by atoms with van der Waals surface area (Å²) in [5, 5.41) is -4.33. The second-order valence-electron chi connectivity index (χ2n) is 4.91. The summed E-state index contributed by atoms with van der Waals surface area (Å²) < 4.78 is 79.2. The monoisotopic (exact) mass is 367 g/mol. The number of hydrogen-bond acceptors (Lipinski definition) is 2. The highest BCUT2D eigenvalue weighted by Gasteiger charge is 2.49. The molecule has 10 heteroatoms. The van der Waals surface area contributed by atoms with Gasteiger partial charge in [0.25, 0.3) is 5.82 Å². The number of rotatable bonds is 5. The molecule has 2 atom stereocenters. The Morgan fingerprint density at radius 2 is 1.59 bits per heavy atom. The largest absolute Gasteiger partial charge is 0.411 e. The summed E-state index contributed by atoms with van der Waals surface area (Å²) in [7, 11) is 1.16. The summed E-state index contributed by atoms with van der Waals surface area (Å²) in [5.74, 6) is -0.331. The van der Waals surface area contributed by atoms with Crippen LogP contribution in [0.25, 0.3) is 0 Å². The summed E-state index contributed by atoms with van der Waals surface area (Å²) >= 11 is 7.04. The van der Waals surface area contributed by atoms with Gasteiger partial charge in [0.2, 0.25) is 0 Å². The van der Waals surface area contributed by atoms with Crippen LogP contribution in [0.5, 0.6) is 0 Å². The van der Waals surface area contributed by atoms with Gasteiger partial charge in [0.15, 0.2) is 16.2 Å². The first-order chi connectivity index (χ1) is 9.91. The van der Waals surface area contributed by atoms with Crippen molar-refractivity contribution in [2.75, 3.05) is 0 Å². The number of halogens is 6.